The van der Waals surface area contributed by atoms with Gasteiger partial charge in [-0.15, -0.1) is 0 Å². The second kappa shape index (κ2) is 4.56. The van der Waals surface area contributed by atoms with Crippen LogP contribution in [0.25, 0.3) is 4.85 Å². The van der Waals surface area contributed by atoms with E-state index in [0.717, 1.165) is 7.11 Å². The summed E-state index contributed by atoms with van der Waals surface area (Å²) in [6.07, 6.45) is 0. The highest BCUT2D eigenvalue weighted by Crippen LogP contribution is 2.33. The van der Waals surface area contributed by atoms with Crippen molar-refractivity contribution < 1.29 is 9.53 Å². The monoisotopic (exact) mass is 242 g/mol. The van der Waals surface area contributed by atoms with Gasteiger partial charge in [-0.2, -0.15) is 0 Å². The summed E-state index contributed by atoms with van der Waals surface area (Å²) in [6.45, 7) is 6.61. The third kappa shape index (κ3) is 3.31. The fourth-order valence-corrected chi connectivity index (χ4v) is 0.715. The van der Waals surface area contributed by atoms with E-state index in [2.05, 4.69) is 9.58 Å². The van der Waals surface area contributed by atoms with Gasteiger partial charge in [0.25, 0.3) is 5.70 Å². The van der Waals surface area contributed by atoms with Crippen molar-refractivity contribution in [3.8, 4) is 0 Å². The second-order valence-electron chi connectivity index (χ2n) is 1.86. The van der Waals surface area contributed by atoms with Crippen LogP contribution in [0.3, 0.4) is 0 Å². The number of ether oxygens (including phenoxy) is 1. The number of nitrogens with two attached hydrogens (primary N) is 1. The zero-order valence-corrected chi connectivity index (χ0v) is 8.74. The number of alkyl halides is 3. The Kier molecular flexibility index (Phi) is 4.34. The number of nitrogens with zero attached hydrogens (tertiary/aromatic N) is 1. The number of methoxy groups -OCH3 is 1. The summed E-state index contributed by atoms with van der Waals surface area (Å²) >= 11 is 16.1. The minimum atomic E-state index is -1.98. The van der Waals surface area contributed by atoms with Gasteiger partial charge in [0.1, 0.15) is 0 Å². The molecule has 7 heteroatoms. The molecule has 0 saturated heterocycles. The van der Waals surface area contributed by atoms with Gasteiger partial charge in [0.05, 0.1) is 19.4 Å². The molecule has 0 aromatic carbocycles. The standard InChI is InChI=1S/C6H5Cl3N2O2/c1-11-3(5(12)13-2)4(10)6(7,8)9/h10H2,2H3/b4-3-. The van der Waals surface area contributed by atoms with Crippen LogP contribution >= 0.6 is 34.8 Å². The fourth-order valence-electron chi connectivity index (χ4n) is 0.447. The van der Waals surface area contributed by atoms with Crippen molar-refractivity contribution in [1.29, 1.82) is 0 Å². The maximum atomic E-state index is 10.9. The van der Waals surface area contributed by atoms with E-state index in [1.165, 1.54) is 0 Å². The van der Waals surface area contributed by atoms with Gasteiger partial charge >= 0.3 is 5.97 Å². The molecule has 0 aromatic heterocycles. The molecule has 0 aliphatic carbocycles. The SMILES string of the molecule is [C-]#[N+]/C(C(=O)OC)=C(\N)C(Cl)(Cl)Cl. The lowest BCUT2D eigenvalue weighted by atomic mass is 10.3. The van der Waals surface area contributed by atoms with Crippen LogP contribution in [0.4, 0.5) is 0 Å². The van der Waals surface area contributed by atoms with Crippen LogP contribution in [0.15, 0.2) is 11.4 Å². The molecule has 0 aromatic rings. The molecule has 0 saturated carbocycles. The smallest absolute Gasteiger partial charge is 0.337 e. The van der Waals surface area contributed by atoms with Gasteiger partial charge in [-0.3, -0.25) is 4.79 Å². The maximum absolute atomic E-state index is 10.9. The Labute approximate surface area is 90.0 Å². The van der Waals surface area contributed by atoms with E-state index < -0.39 is 21.2 Å². The van der Waals surface area contributed by atoms with Crippen LogP contribution in [-0.2, 0) is 9.53 Å². The van der Waals surface area contributed by atoms with E-state index in [4.69, 9.17) is 47.1 Å². The van der Waals surface area contributed by atoms with Crippen LogP contribution in [0.5, 0.6) is 0 Å². The summed E-state index contributed by atoms with van der Waals surface area (Å²) in [5, 5.41) is 0. The summed E-state index contributed by atoms with van der Waals surface area (Å²) < 4.78 is 2.27. The van der Waals surface area contributed by atoms with Crippen molar-refractivity contribution in [2.75, 3.05) is 7.11 Å². The molecule has 0 fully saturated rings. The Hall–Kier alpha value is -0.630. The second-order valence-corrected chi connectivity index (χ2v) is 4.14. The molecular weight excluding hydrogens is 238 g/mol. The summed E-state index contributed by atoms with van der Waals surface area (Å²) in [4.78, 5) is 13.7. The van der Waals surface area contributed by atoms with Crippen molar-refractivity contribution >= 4 is 40.8 Å². The molecule has 0 spiro atoms. The fraction of sp³-hybridized carbons (Fsp3) is 0.333. The average Bonchev–Trinajstić information content (AvgIpc) is 2.03. The highest BCUT2D eigenvalue weighted by atomic mass is 35.6. The molecule has 0 heterocycles. The highest BCUT2D eigenvalue weighted by Gasteiger charge is 2.30. The molecule has 0 atom stereocenters. The van der Waals surface area contributed by atoms with E-state index in [1.54, 1.807) is 0 Å². The topological polar surface area (TPSA) is 56.7 Å². The van der Waals surface area contributed by atoms with E-state index in [9.17, 15) is 4.79 Å². The lowest BCUT2D eigenvalue weighted by molar-refractivity contribution is -0.135. The number of allylic oxidation sites excluding steroid dienone is 1. The van der Waals surface area contributed by atoms with E-state index in [-0.39, 0.29) is 0 Å². The zero-order valence-electron chi connectivity index (χ0n) is 6.47. The molecule has 0 aliphatic rings. The van der Waals surface area contributed by atoms with Crippen molar-refractivity contribution in [3.63, 3.8) is 0 Å². The van der Waals surface area contributed by atoms with Crippen molar-refractivity contribution in [1.82, 2.24) is 0 Å². The number of esters is 1. The van der Waals surface area contributed by atoms with Gasteiger partial charge in [-0.1, -0.05) is 34.8 Å². The number of rotatable bonds is 1. The van der Waals surface area contributed by atoms with Crippen molar-refractivity contribution in [2.45, 2.75) is 3.79 Å². The number of hydrogen-bond acceptors (Lipinski definition) is 3. The molecule has 0 radical (unpaired) electrons. The van der Waals surface area contributed by atoms with Gasteiger partial charge in [0.15, 0.2) is 0 Å². The van der Waals surface area contributed by atoms with Gasteiger partial charge in [0.2, 0.25) is 3.79 Å². The predicted octanol–water partition coefficient (Wildman–Crippen LogP) is 1.62. The normalized spacial score (nSPS) is 12.8. The Balaban J connectivity index is 5.18. The molecule has 0 unspecified atom stereocenters. The Morgan fingerprint density at radius 3 is 2.23 bits per heavy atom. The zero-order chi connectivity index (χ0) is 10.6. The largest absolute Gasteiger partial charge is 0.474 e. The Morgan fingerprint density at radius 2 is 2.00 bits per heavy atom. The molecule has 72 valence electrons. The lowest BCUT2D eigenvalue weighted by Crippen LogP contribution is -2.21. The Morgan fingerprint density at radius 1 is 1.54 bits per heavy atom. The van der Waals surface area contributed by atoms with Crippen LogP contribution < -0.4 is 5.73 Å². The van der Waals surface area contributed by atoms with E-state index in [0.29, 0.717) is 0 Å². The average molecular weight is 243 g/mol. The predicted molar refractivity (Wildman–Crippen MR) is 50.1 cm³/mol. The summed E-state index contributed by atoms with van der Waals surface area (Å²) in [6, 6.07) is 0. The quantitative estimate of drug-likeness (QED) is 0.329. The number of hydrogen-bond donors (Lipinski definition) is 1. The third-order valence-corrected chi connectivity index (χ3v) is 1.66. The maximum Gasteiger partial charge on any atom is 0.337 e. The minimum absolute atomic E-state index is 0.445. The first-order valence-corrected chi connectivity index (χ1v) is 4.00. The molecular formula is C6H5Cl3N2O2. The number of carbonyl (C=O) groups is 1. The molecule has 0 aliphatic heterocycles. The summed E-state index contributed by atoms with van der Waals surface area (Å²) in [5.74, 6) is -0.932. The van der Waals surface area contributed by atoms with Crippen molar-refractivity contribution in [3.05, 3.63) is 22.8 Å². The summed E-state index contributed by atoms with van der Waals surface area (Å²) in [7, 11) is 1.10. The minimum Gasteiger partial charge on any atom is -0.474 e. The first-order valence-electron chi connectivity index (χ1n) is 2.87. The molecule has 13 heavy (non-hydrogen) atoms. The molecule has 0 amide bonds. The molecule has 0 bridgehead atoms. The molecule has 4 nitrogen and oxygen atoms in total. The van der Waals surface area contributed by atoms with Crippen LogP contribution in [0.1, 0.15) is 0 Å². The van der Waals surface area contributed by atoms with Gasteiger partial charge in [-0.25, -0.2) is 4.85 Å². The Bertz CT molecular complexity index is 287. The van der Waals surface area contributed by atoms with Crippen LogP contribution in [0, 0.1) is 6.57 Å². The van der Waals surface area contributed by atoms with Crippen LogP contribution in [-0.4, -0.2) is 16.9 Å². The van der Waals surface area contributed by atoms with Gasteiger partial charge < -0.3 is 10.5 Å². The van der Waals surface area contributed by atoms with Gasteiger partial charge in [0, 0.05) is 0 Å². The molecule has 0 rings (SSSR count). The van der Waals surface area contributed by atoms with Crippen LogP contribution in [0.2, 0.25) is 0 Å². The first kappa shape index (κ1) is 12.4. The number of halogens is 3. The highest BCUT2D eigenvalue weighted by molar-refractivity contribution is 6.69. The lowest BCUT2D eigenvalue weighted by Gasteiger charge is -2.12. The van der Waals surface area contributed by atoms with E-state index in [1.807, 2.05) is 0 Å². The summed E-state index contributed by atoms with van der Waals surface area (Å²) in [5.41, 5.74) is 4.28. The first-order chi connectivity index (χ1) is 5.84. The van der Waals surface area contributed by atoms with E-state index >= 15 is 0 Å². The number of carbonyl (C=O) groups excluding carboxylic acids is 1. The van der Waals surface area contributed by atoms with Crippen molar-refractivity contribution in [2.24, 2.45) is 5.73 Å². The molecule has 2 N–H and O–H groups in total. The third-order valence-electron chi connectivity index (χ3n) is 1.05. The van der Waals surface area contributed by atoms with Gasteiger partial charge in [-0.05, 0) is 0 Å².